The fourth-order valence-electron chi connectivity index (χ4n) is 1.45. The van der Waals surface area contributed by atoms with Gasteiger partial charge < -0.3 is 15.4 Å². The molecular formula is C13H18F2N2O2. The van der Waals surface area contributed by atoms with Crippen LogP contribution in [0.4, 0.5) is 14.5 Å². The lowest BCUT2D eigenvalue weighted by Crippen LogP contribution is -2.30. The van der Waals surface area contributed by atoms with Crippen molar-refractivity contribution in [3.8, 4) is 0 Å². The van der Waals surface area contributed by atoms with Crippen molar-refractivity contribution in [1.82, 2.24) is 5.32 Å². The Hall–Kier alpha value is -1.53. The van der Waals surface area contributed by atoms with Crippen LogP contribution in [0.5, 0.6) is 0 Å². The molecule has 19 heavy (non-hydrogen) atoms. The van der Waals surface area contributed by atoms with Crippen molar-refractivity contribution in [3.05, 3.63) is 29.8 Å². The Morgan fingerprint density at radius 2 is 2.21 bits per heavy atom. The Morgan fingerprint density at radius 1 is 1.42 bits per heavy atom. The SMILES string of the molecule is Cc1cccc(NC(=O)CNCCOCC(F)F)c1. The van der Waals surface area contributed by atoms with E-state index < -0.39 is 13.0 Å². The first-order valence-electron chi connectivity index (χ1n) is 6.01. The Bertz CT molecular complexity index is 400. The van der Waals surface area contributed by atoms with E-state index in [1.54, 1.807) is 6.07 Å². The molecule has 0 saturated heterocycles. The summed E-state index contributed by atoms with van der Waals surface area (Å²) in [5.41, 5.74) is 1.80. The van der Waals surface area contributed by atoms with Crippen molar-refractivity contribution in [1.29, 1.82) is 0 Å². The van der Waals surface area contributed by atoms with Crippen LogP contribution in [0, 0.1) is 6.92 Å². The van der Waals surface area contributed by atoms with Crippen molar-refractivity contribution < 1.29 is 18.3 Å². The van der Waals surface area contributed by atoms with E-state index in [1.807, 2.05) is 25.1 Å². The predicted octanol–water partition coefficient (Wildman–Crippen LogP) is 1.80. The molecule has 0 atom stereocenters. The molecule has 4 nitrogen and oxygen atoms in total. The summed E-state index contributed by atoms with van der Waals surface area (Å²) in [5, 5.41) is 5.54. The molecule has 0 unspecified atom stereocenters. The van der Waals surface area contributed by atoms with Crippen LogP contribution in [0.25, 0.3) is 0 Å². The highest BCUT2D eigenvalue weighted by Gasteiger charge is 2.03. The third-order valence-electron chi connectivity index (χ3n) is 2.25. The standard InChI is InChI=1S/C13H18F2N2O2/c1-10-3-2-4-11(7-10)17-13(18)8-16-5-6-19-9-12(14)15/h2-4,7,12,16H,5-6,8-9H2,1H3,(H,17,18). The lowest BCUT2D eigenvalue weighted by atomic mass is 10.2. The molecule has 6 heteroatoms. The molecule has 1 rings (SSSR count). The molecule has 1 aromatic carbocycles. The van der Waals surface area contributed by atoms with Gasteiger partial charge >= 0.3 is 0 Å². The Balaban J connectivity index is 2.11. The second-order valence-electron chi connectivity index (χ2n) is 4.06. The summed E-state index contributed by atoms with van der Waals surface area (Å²) < 4.78 is 28.1. The molecule has 0 saturated carbocycles. The lowest BCUT2D eigenvalue weighted by Gasteiger charge is -2.07. The van der Waals surface area contributed by atoms with Crippen molar-refractivity contribution >= 4 is 11.6 Å². The minimum absolute atomic E-state index is 0.117. The van der Waals surface area contributed by atoms with E-state index in [0.29, 0.717) is 6.54 Å². The van der Waals surface area contributed by atoms with E-state index in [4.69, 9.17) is 0 Å². The number of alkyl halides is 2. The van der Waals surface area contributed by atoms with Crippen LogP contribution < -0.4 is 10.6 Å². The summed E-state index contributed by atoms with van der Waals surface area (Å²) in [6, 6.07) is 7.46. The normalized spacial score (nSPS) is 10.7. The second kappa shape index (κ2) is 8.55. The molecule has 0 aliphatic heterocycles. The van der Waals surface area contributed by atoms with Gasteiger partial charge in [0.25, 0.3) is 6.43 Å². The van der Waals surface area contributed by atoms with Crippen LogP contribution in [0.2, 0.25) is 0 Å². The van der Waals surface area contributed by atoms with Gasteiger partial charge in [0.05, 0.1) is 13.2 Å². The molecule has 2 N–H and O–H groups in total. The van der Waals surface area contributed by atoms with Gasteiger partial charge in [0.15, 0.2) is 0 Å². The molecule has 0 heterocycles. The highest BCUT2D eigenvalue weighted by molar-refractivity contribution is 5.92. The quantitative estimate of drug-likeness (QED) is 0.710. The molecular weight excluding hydrogens is 254 g/mol. The first kappa shape index (κ1) is 15.5. The molecule has 0 radical (unpaired) electrons. The summed E-state index contributed by atoms with van der Waals surface area (Å²) >= 11 is 0. The molecule has 0 bridgehead atoms. The average molecular weight is 272 g/mol. The van der Waals surface area contributed by atoms with Gasteiger partial charge in [-0.05, 0) is 24.6 Å². The van der Waals surface area contributed by atoms with Crippen molar-refractivity contribution in [2.24, 2.45) is 0 Å². The molecule has 0 aromatic heterocycles. The van der Waals surface area contributed by atoms with Gasteiger partial charge in [0.2, 0.25) is 5.91 Å². The number of nitrogens with one attached hydrogen (secondary N) is 2. The summed E-state index contributed by atoms with van der Waals surface area (Å²) in [4.78, 5) is 11.5. The monoisotopic (exact) mass is 272 g/mol. The summed E-state index contributed by atoms with van der Waals surface area (Å²) in [6.45, 7) is 1.99. The maximum atomic E-state index is 11.7. The van der Waals surface area contributed by atoms with Crippen LogP contribution in [-0.2, 0) is 9.53 Å². The smallest absolute Gasteiger partial charge is 0.261 e. The molecule has 0 aliphatic rings. The fourth-order valence-corrected chi connectivity index (χ4v) is 1.45. The fraction of sp³-hybridized carbons (Fsp3) is 0.462. The van der Waals surface area contributed by atoms with Gasteiger partial charge in [-0.15, -0.1) is 0 Å². The number of hydrogen-bond acceptors (Lipinski definition) is 3. The maximum absolute atomic E-state index is 11.7. The maximum Gasteiger partial charge on any atom is 0.261 e. The average Bonchev–Trinajstić information content (AvgIpc) is 2.33. The minimum Gasteiger partial charge on any atom is -0.374 e. The molecule has 0 fully saturated rings. The molecule has 1 aromatic rings. The Morgan fingerprint density at radius 3 is 2.89 bits per heavy atom. The number of carbonyl (C=O) groups is 1. The zero-order valence-electron chi connectivity index (χ0n) is 10.8. The van der Waals surface area contributed by atoms with Gasteiger partial charge in [0, 0.05) is 12.2 Å². The van der Waals surface area contributed by atoms with Gasteiger partial charge in [-0.25, -0.2) is 8.78 Å². The van der Waals surface area contributed by atoms with Gasteiger partial charge in [-0.3, -0.25) is 4.79 Å². The largest absolute Gasteiger partial charge is 0.374 e. The first-order valence-corrected chi connectivity index (χ1v) is 6.01. The number of benzene rings is 1. The van der Waals surface area contributed by atoms with Crippen molar-refractivity contribution in [3.63, 3.8) is 0 Å². The van der Waals surface area contributed by atoms with Crippen LogP contribution in [0.3, 0.4) is 0 Å². The third-order valence-corrected chi connectivity index (χ3v) is 2.25. The zero-order chi connectivity index (χ0) is 14.1. The summed E-state index contributed by atoms with van der Waals surface area (Å²) in [7, 11) is 0. The topological polar surface area (TPSA) is 50.4 Å². The van der Waals surface area contributed by atoms with Crippen LogP contribution in [0.15, 0.2) is 24.3 Å². The van der Waals surface area contributed by atoms with E-state index in [9.17, 15) is 13.6 Å². The highest BCUT2D eigenvalue weighted by Crippen LogP contribution is 2.08. The number of rotatable bonds is 8. The van der Waals surface area contributed by atoms with Crippen LogP contribution >= 0.6 is 0 Å². The number of halogens is 2. The van der Waals surface area contributed by atoms with Gasteiger partial charge in [-0.1, -0.05) is 12.1 Å². The number of carbonyl (C=O) groups excluding carboxylic acids is 1. The first-order chi connectivity index (χ1) is 9.08. The predicted molar refractivity (Wildman–Crippen MR) is 69.5 cm³/mol. The van der Waals surface area contributed by atoms with E-state index >= 15 is 0 Å². The zero-order valence-corrected chi connectivity index (χ0v) is 10.8. The number of ether oxygens (including phenoxy) is 1. The number of hydrogen-bond donors (Lipinski definition) is 2. The molecule has 106 valence electrons. The Kier molecular flexibility index (Phi) is 6.99. The van der Waals surface area contributed by atoms with E-state index in [2.05, 4.69) is 15.4 Å². The highest BCUT2D eigenvalue weighted by atomic mass is 19.3. The molecule has 0 spiro atoms. The summed E-state index contributed by atoms with van der Waals surface area (Å²) in [5.74, 6) is -0.181. The molecule has 1 amide bonds. The van der Waals surface area contributed by atoms with Crippen molar-refractivity contribution in [2.75, 3.05) is 31.6 Å². The van der Waals surface area contributed by atoms with E-state index in [0.717, 1.165) is 11.3 Å². The molecule has 0 aliphatic carbocycles. The second-order valence-corrected chi connectivity index (χ2v) is 4.06. The van der Waals surface area contributed by atoms with Crippen LogP contribution in [-0.4, -0.2) is 38.6 Å². The van der Waals surface area contributed by atoms with E-state index in [1.165, 1.54) is 0 Å². The number of anilines is 1. The van der Waals surface area contributed by atoms with Crippen molar-refractivity contribution in [2.45, 2.75) is 13.3 Å². The number of amides is 1. The Labute approximate surface area is 111 Å². The minimum atomic E-state index is -2.45. The van der Waals surface area contributed by atoms with E-state index in [-0.39, 0.29) is 19.1 Å². The van der Waals surface area contributed by atoms with Gasteiger partial charge in [-0.2, -0.15) is 0 Å². The number of aryl methyl sites for hydroxylation is 1. The lowest BCUT2D eigenvalue weighted by molar-refractivity contribution is -0.115. The van der Waals surface area contributed by atoms with Gasteiger partial charge in [0.1, 0.15) is 6.61 Å². The third kappa shape index (κ3) is 7.48. The summed E-state index contributed by atoms with van der Waals surface area (Å²) in [6.07, 6.45) is -2.45. The van der Waals surface area contributed by atoms with Crippen LogP contribution in [0.1, 0.15) is 5.56 Å².